The number of rotatable bonds is 5. The summed E-state index contributed by atoms with van der Waals surface area (Å²) in [6.07, 6.45) is -4.60. The molecule has 0 atom stereocenters. The standard InChI is InChI=1S/C15H14F3NO3S/c1-22-13-6-2-4-11(8-13)10-19-23(20,21)14-7-3-5-12(9-14)15(16,17)18/h2-9,19H,10H2,1H3. The molecule has 0 heterocycles. The maximum Gasteiger partial charge on any atom is 0.416 e. The minimum atomic E-state index is -4.60. The van der Waals surface area contributed by atoms with Crippen LogP contribution in [0.5, 0.6) is 5.75 Å². The molecule has 0 amide bonds. The molecule has 8 heteroatoms. The van der Waals surface area contributed by atoms with Gasteiger partial charge in [-0.3, -0.25) is 0 Å². The predicted octanol–water partition coefficient (Wildman–Crippen LogP) is 3.19. The SMILES string of the molecule is COc1cccc(CNS(=O)(=O)c2cccc(C(F)(F)F)c2)c1. The van der Waals surface area contributed by atoms with Crippen molar-refractivity contribution in [1.82, 2.24) is 4.72 Å². The second kappa shape index (κ2) is 6.59. The molecule has 23 heavy (non-hydrogen) atoms. The molecule has 1 N–H and O–H groups in total. The Bertz CT molecular complexity index is 789. The van der Waals surface area contributed by atoms with Crippen LogP contribution in [0.15, 0.2) is 53.4 Å². The molecule has 2 rings (SSSR count). The maximum atomic E-state index is 12.7. The average Bonchev–Trinajstić information content (AvgIpc) is 2.52. The van der Waals surface area contributed by atoms with Crippen molar-refractivity contribution in [2.24, 2.45) is 0 Å². The first kappa shape index (κ1) is 17.3. The van der Waals surface area contributed by atoms with Gasteiger partial charge in [-0.2, -0.15) is 13.2 Å². The van der Waals surface area contributed by atoms with Crippen molar-refractivity contribution in [2.75, 3.05) is 7.11 Å². The van der Waals surface area contributed by atoms with Crippen molar-refractivity contribution in [3.63, 3.8) is 0 Å². The first-order valence-corrected chi connectivity index (χ1v) is 8.00. The van der Waals surface area contributed by atoms with Crippen LogP contribution in [0.3, 0.4) is 0 Å². The van der Waals surface area contributed by atoms with Crippen LogP contribution in [0, 0.1) is 0 Å². The van der Waals surface area contributed by atoms with E-state index in [9.17, 15) is 21.6 Å². The largest absolute Gasteiger partial charge is 0.497 e. The second-order valence-electron chi connectivity index (χ2n) is 4.70. The highest BCUT2D eigenvalue weighted by Gasteiger charge is 2.31. The molecule has 0 saturated carbocycles. The normalized spacial score (nSPS) is 12.2. The molecule has 0 unspecified atom stereocenters. The molecule has 2 aromatic carbocycles. The third-order valence-corrected chi connectivity index (χ3v) is 4.47. The molecule has 0 aliphatic rings. The molecule has 0 bridgehead atoms. The van der Waals surface area contributed by atoms with E-state index in [-0.39, 0.29) is 6.54 Å². The van der Waals surface area contributed by atoms with E-state index in [0.717, 1.165) is 18.2 Å². The van der Waals surface area contributed by atoms with Crippen LogP contribution in [-0.2, 0) is 22.7 Å². The lowest BCUT2D eigenvalue weighted by atomic mass is 10.2. The van der Waals surface area contributed by atoms with Crippen molar-refractivity contribution in [3.05, 3.63) is 59.7 Å². The number of hydrogen-bond donors (Lipinski definition) is 1. The van der Waals surface area contributed by atoms with E-state index in [0.29, 0.717) is 17.4 Å². The van der Waals surface area contributed by atoms with Gasteiger partial charge in [0.15, 0.2) is 0 Å². The lowest BCUT2D eigenvalue weighted by Crippen LogP contribution is -2.23. The van der Waals surface area contributed by atoms with Gasteiger partial charge in [0.2, 0.25) is 10.0 Å². The van der Waals surface area contributed by atoms with Gasteiger partial charge in [0.1, 0.15) is 5.75 Å². The number of benzene rings is 2. The Morgan fingerprint density at radius 1 is 1.09 bits per heavy atom. The summed E-state index contributed by atoms with van der Waals surface area (Å²) in [5.74, 6) is 0.556. The van der Waals surface area contributed by atoms with Crippen LogP contribution < -0.4 is 9.46 Å². The van der Waals surface area contributed by atoms with E-state index in [1.54, 1.807) is 24.3 Å². The summed E-state index contributed by atoms with van der Waals surface area (Å²) in [5, 5.41) is 0. The van der Waals surface area contributed by atoms with E-state index in [2.05, 4.69) is 4.72 Å². The highest BCUT2D eigenvalue weighted by molar-refractivity contribution is 7.89. The predicted molar refractivity (Wildman–Crippen MR) is 78.5 cm³/mol. The summed E-state index contributed by atoms with van der Waals surface area (Å²) in [7, 11) is -2.57. The van der Waals surface area contributed by atoms with E-state index < -0.39 is 26.7 Å². The fourth-order valence-corrected chi connectivity index (χ4v) is 2.95. The number of ether oxygens (including phenoxy) is 1. The Labute approximate surface area is 132 Å². The molecular weight excluding hydrogens is 331 g/mol. The van der Waals surface area contributed by atoms with Crippen LogP contribution in [0.25, 0.3) is 0 Å². The fraction of sp³-hybridized carbons (Fsp3) is 0.200. The van der Waals surface area contributed by atoms with E-state index in [4.69, 9.17) is 4.74 Å². The highest BCUT2D eigenvalue weighted by atomic mass is 32.2. The lowest BCUT2D eigenvalue weighted by Gasteiger charge is -2.11. The first-order chi connectivity index (χ1) is 10.7. The van der Waals surface area contributed by atoms with Gasteiger partial charge in [0.25, 0.3) is 0 Å². The summed E-state index contributed by atoms with van der Waals surface area (Å²) < 4.78 is 69.5. The van der Waals surface area contributed by atoms with Gasteiger partial charge in [-0.1, -0.05) is 18.2 Å². The molecule has 4 nitrogen and oxygen atoms in total. The number of nitrogens with one attached hydrogen (secondary N) is 1. The number of alkyl halides is 3. The Morgan fingerprint density at radius 2 is 1.78 bits per heavy atom. The molecule has 124 valence electrons. The number of methoxy groups -OCH3 is 1. The Morgan fingerprint density at radius 3 is 2.43 bits per heavy atom. The average molecular weight is 345 g/mol. The Kier molecular flexibility index (Phi) is 4.96. The number of hydrogen-bond acceptors (Lipinski definition) is 3. The quantitative estimate of drug-likeness (QED) is 0.905. The van der Waals surface area contributed by atoms with Crippen molar-refractivity contribution >= 4 is 10.0 Å². The number of sulfonamides is 1. The molecule has 0 aliphatic heterocycles. The molecule has 0 saturated heterocycles. The summed E-state index contributed by atoms with van der Waals surface area (Å²) in [6, 6.07) is 10.3. The summed E-state index contributed by atoms with van der Waals surface area (Å²) in [4.78, 5) is -0.435. The van der Waals surface area contributed by atoms with Gasteiger partial charge < -0.3 is 4.74 Å². The molecule has 0 aliphatic carbocycles. The molecule has 0 fully saturated rings. The molecule has 0 aromatic heterocycles. The van der Waals surface area contributed by atoms with Crippen LogP contribution in [0.2, 0.25) is 0 Å². The van der Waals surface area contributed by atoms with Gasteiger partial charge >= 0.3 is 6.18 Å². The molecular formula is C15H14F3NO3S. The van der Waals surface area contributed by atoms with Crippen LogP contribution >= 0.6 is 0 Å². The van der Waals surface area contributed by atoms with Gasteiger partial charge in [-0.05, 0) is 35.9 Å². The summed E-state index contributed by atoms with van der Waals surface area (Å²) >= 11 is 0. The zero-order valence-corrected chi connectivity index (χ0v) is 12.9. The Hall–Kier alpha value is -2.06. The Balaban J connectivity index is 2.19. The zero-order valence-electron chi connectivity index (χ0n) is 12.1. The van der Waals surface area contributed by atoms with Crippen molar-refractivity contribution in [2.45, 2.75) is 17.6 Å². The topological polar surface area (TPSA) is 55.4 Å². The summed E-state index contributed by atoms with van der Waals surface area (Å²) in [5.41, 5.74) is -0.387. The number of halogens is 3. The summed E-state index contributed by atoms with van der Waals surface area (Å²) in [6.45, 7) is -0.0597. The van der Waals surface area contributed by atoms with Crippen LogP contribution in [0.4, 0.5) is 13.2 Å². The van der Waals surface area contributed by atoms with Gasteiger partial charge in [0, 0.05) is 6.54 Å². The zero-order chi connectivity index (χ0) is 17.1. The third kappa shape index (κ3) is 4.46. The van der Waals surface area contributed by atoms with Crippen molar-refractivity contribution < 1.29 is 26.3 Å². The van der Waals surface area contributed by atoms with Crippen LogP contribution in [-0.4, -0.2) is 15.5 Å². The minimum absolute atomic E-state index is 0.0597. The molecule has 0 spiro atoms. The monoisotopic (exact) mass is 345 g/mol. The maximum absolute atomic E-state index is 12.7. The first-order valence-electron chi connectivity index (χ1n) is 6.52. The van der Waals surface area contributed by atoms with Crippen LogP contribution in [0.1, 0.15) is 11.1 Å². The van der Waals surface area contributed by atoms with E-state index >= 15 is 0 Å². The smallest absolute Gasteiger partial charge is 0.416 e. The van der Waals surface area contributed by atoms with Crippen molar-refractivity contribution in [3.8, 4) is 5.75 Å². The second-order valence-corrected chi connectivity index (χ2v) is 6.47. The fourth-order valence-electron chi connectivity index (χ4n) is 1.88. The minimum Gasteiger partial charge on any atom is -0.497 e. The van der Waals surface area contributed by atoms with Gasteiger partial charge in [-0.25, -0.2) is 13.1 Å². The molecule has 0 radical (unpaired) electrons. The van der Waals surface area contributed by atoms with E-state index in [1.807, 2.05) is 0 Å². The van der Waals surface area contributed by atoms with Crippen molar-refractivity contribution in [1.29, 1.82) is 0 Å². The van der Waals surface area contributed by atoms with E-state index in [1.165, 1.54) is 7.11 Å². The lowest BCUT2D eigenvalue weighted by molar-refractivity contribution is -0.137. The van der Waals surface area contributed by atoms with Gasteiger partial charge in [0.05, 0.1) is 17.6 Å². The highest BCUT2D eigenvalue weighted by Crippen LogP contribution is 2.30. The third-order valence-electron chi connectivity index (χ3n) is 3.07. The molecule has 2 aromatic rings. The van der Waals surface area contributed by atoms with Gasteiger partial charge in [-0.15, -0.1) is 0 Å².